The summed E-state index contributed by atoms with van der Waals surface area (Å²) in [5.74, 6) is 0.486. The van der Waals surface area contributed by atoms with Crippen LogP contribution in [0.1, 0.15) is 85.3 Å². The molecule has 2 N–H and O–H groups in total. The molecule has 3 heteroatoms. The third-order valence-electron chi connectivity index (χ3n) is 6.91. The molecule has 2 unspecified atom stereocenters. The number of hydrogen-bond donors (Lipinski definition) is 2. The second-order valence-corrected chi connectivity index (χ2v) is 9.31. The predicted octanol–water partition coefficient (Wildman–Crippen LogP) is 5.77. The van der Waals surface area contributed by atoms with Crippen LogP contribution in [0.2, 0.25) is 0 Å². The highest BCUT2D eigenvalue weighted by molar-refractivity contribution is 5.69. The molecule has 1 aliphatic heterocycles. The molecular formula is C26H35NO2. The van der Waals surface area contributed by atoms with E-state index in [1.165, 1.54) is 44.8 Å². The molecule has 1 aliphatic carbocycles. The van der Waals surface area contributed by atoms with E-state index in [4.69, 9.17) is 4.74 Å². The highest BCUT2D eigenvalue weighted by Gasteiger charge is 2.43. The van der Waals surface area contributed by atoms with Crippen molar-refractivity contribution in [3.8, 4) is 0 Å². The molecule has 0 spiro atoms. The number of aliphatic hydroxyl groups is 1. The third kappa shape index (κ3) is 3.39. The largest absolute Gasteiger partial charge is 0.396 e. The first-order valence-corrected chi connectivity index (χ1v) is 11.2. The highest BCUT2D eigenvalue weighted by Crippen LogP contribution is 2.50. The minimum absolute atomic E-state index is 0.145. The fraction of sp³-hybridized carbons (Fsp3) is 0.538. The highest BCUT2D eigenvalue weighted by atomic mass is 16.5. The molecule has 0 fully saturated rings. The number of allylic oxidation sites excluding steroid dienone is 1. The van der Waals surface area contributed by atoms with Crippen LogP contribution in [-0.2, 0) is 16.6 Å². The third-order valence-corrected chi connectivity index (χ3v) is 6.91. The van der Waals surface area contributed by atoms with E-state index >= 15 is 0 Å². The Morgan fingerprint density at radius 3 is 2.55 bits per heavy atom. The van der Waals surface area contributed by atoms with E-state index in [1.54, 1.807) is 0 Å². The minimum atomic E-state index is -0.217. The van der Waals surface area contributed by atoms with Crippen molar-refractivity contribution in [1.29, 1.82) is 0 Å². The van der Waals surface area contributed by atoms with Gasteiger partial charge in [-0.15, -0.1) is 0 Å². The lowest BCUT2D eigenvalue weighted by molar-refractivity contribution is 0.0372. The van der Waals surface area contributed by atoms with Gasteiger partial charge in [-0.1, -0.05) is 61.7 Å². The predicted molar refractivity (Wildman–Crippen MR) is 119 cm³/mol. The number of ether oxygens (including phenoxy) is 1. The fourth-order valence-electron chi connectivity index (χ4n) is 5.45. The van der Waals surface area contributed by atoms with Gasteiger partial charge in [-0.3, -0.25) is 0 Å². The monoisotopic (exact) mass is 393 g/mol. The zero-order chi connectivity index (χ0) is 20.8. The Morgan fingerprint density at radius 2 is 1.93 bits per heavy atom. The van der Waals surface area contributed by atoms with Gasteiger partial charge in [0.05, 0.1) is 12.7 Å². The quantitative estimate of drug-likeness (QED) is 0.677. The second kappa shape index (κ2) is 7.77. The molecular weight excluding hydrogens is 358 g/mol. The number of hydrogen-bond acceptors (Lipinski definition) is 2. The van der Waals surface area contributed by atoms with Gasteiger partial charge in [0.2, 0.25) is 0 Å². The van der Waals surface area contributed by atoms with Crippen LogP contribution in [0.4, 0.5) is 0 Å². The SMILES string of the molecule is CCC1OCCc2c1[nH]c1c2C=C(C(C)C)CC1(CCO)c1cc(C)cc(C)c1. The van der Waals surface area contributed by atoms with Gasteiger partial charge in [0.25, 0.3) is 0 Å². The van der Waals surface area contributed by atoms with Gasteiger partial charge in [0.15, 0.2) is 0 Å². The summed E-state index contributed by atoms with van der Waals surface area (Å²) in [5, 5.41) is 10.2. The van der Waals surface area contributed by atoms with E-state index in [1.807, 2.05) is 0 Å². The summed E-state index contributed by atoms with van der Waals surface area (Å²) in [4.78, 5) is 3.85. The Balaban J connectivity index is 2.00. The Bertz CT molecular complexity index is 916. The summed E-state index contributed by atoms with van der Waals surface area (Å²) in [7, 11) is 0. The average Bonchev–Trinajstić information content (AvgIpc) is 3.06. The standard InChI is InChI=1S/C26H35NO2/c1-6-23-24-21(7-10-29-23)22-14-19(16(2)3)15-26(8-9-28,25(22)27-24)20-12-17(4)11-18(5)13-20/h11-14,16,23,27-28H,6-10,15H2,1-5H3. The van der Waals surface area contributed by atoms with E-state index in [0.29, 0.717) is 5.92 Å². The summed E-state index contributed by atoms with van der Waals surface area (Å²) in [6.07, 6.45) is 6.20. The molecule has 1 aromatic heterocycles. The molecule has 1 aromatic carbocycles. The van der Waals surface area contributed by atoms with Crippen LogP contribution >= 0.6 is 0 Å². The lowest BCUT2D eigenvalue weighted by atomic mass is 9.65. The smallest absolute Gasteiger partial charge is 0.0973 e. The molecule has 3 nitrogen and oxygen atoms in total. The minimum Gasteiger partial charge on any atom is -0.396 e. The summed E-state index contributed by atoms with van der Waals surface area (Å²) >= 11 is 0. The van der Waals surface area contributed by atoms with Crippen molar-refractivity contribution in [3.05, 3.63) is 63.0 Å². The number of aliphatic hydroxyl groups excluding tert-OH is 1. The van der Waals surface area contributed by atoms with Crippen LogP contribution in [0, 0.1) is 19.8 Å². The number of H-pyrrole nitrogens is 1. The molecule has 2 atom stereocenters. The van der Waals surface area contributed by atoms with Crippen molar-refractivity contribution >= 4 is 6.08 Å². The van der Waals surface area contributed by atoms with Crippen LogP contribution in [0.15, 0.2) is 23.8 Å². The van der Waals surface area contributed by atoms with Gasteiger partial charge in [-0.25, -0.2) is 0 Å². The summed E-state index contributed by atoms with van der Waals surface area (Å²) in [5.41, 5.74) is 10.5. The van der Waals surface area contributed by atoms with E-state index in [-0.39, 0.29) is 18.1 Å². The van der Waals surface area contributed by atoms with Gasteiger partial charge in [0, 0.05) is 23.4 Å². The van der Waals surface area contributed by atoms with Gasteiger partial charge in [-0.05, 0) is 62.1 Å². The maximum Gasteiger partial charge on any atom is 0.0973 e. The van der Waals surface area contributed by atoms with Crippen molar-refractivity contribution in [1.82, 2.24) is 4.98 Å². The van der Waals surface area contributed by atoms with Crippen LogP contribution in [0.3, 0.4) is 0 Å². The Kier molecular flexibility index (Phi) is 5.48. The molecule has 0 amide bonds. The fourth-order valence-corrected chi connectivity index (χ4v) is 5.45. The number of benzene rings is 1. The first kappa shape index (κ1) is 20.4. The number of aromatic nitrogens is 1. The Labute approximate surface area is 175 Å². The van der Waals surface area contributed by atoms with Crippen molar-refractivity contribution < 1.29 is 9.84 Å². The normalized spacial score (nSPS) is 23.7. The zero-order valence-electron chi connectivity index (χ0n) is 18.6. The maximum atomic E-state index is 10.2. The van der Waals surface area contributed by atoms with Crippen LogP contribution in [0.25, 0.3) is 6.08 Å². The van der Waals surface area contributed by atoms with E-state index in [2.05, 4.69) is 63.9 Å². The second-order valence-electron chi connectivity index (χ2n) is 9.31. The first-order valence-electron chi connectivity index (χ1n) is 11.2. The first-order chi connectivity index (χ1) is 13.9. The van der Waals surface area contributed by atoms with Crippen LogP contribution < -0.4 is 0 Å². The van der Waals surface area contributed by atoms with E-state index < -0.39 is 0 Å². The Hall–Kier alpha value is -1.84. The van der Waals surface area contributed by atoms with Crippen molar-refractivity contribution in [2.45, 2.75) is 71.8 Å². The molecule has 2 aromatic rings. The van der Waals surface area contributed by atoms with Gasteiger partial charge < -0.3 is 14.8 Å². The lowest BCUT2D eigenvalue weighted by Gasteiger charge is -2.39. The Morgan fingerprint density at radius 1 is 1.21 bits per heavy atom. The van der Waals surface area contributed by atoms with Gasteiger partial charge in [-0.2, -0.15) is 0 Å². The molecule has 2 aliphatic rings. The molecule has 0 bridgehead atoms. The van der Waals surface area contributed by atoms with E-state index in [0.717, 1.165) is 32.3 Å². The van der Waals surface area contributed by atoms with Gasteiger partial charge >= 0.3 is 0 Å². The van der Waals surface area contributed by atoms with Crippen LogP contribution in [0.5, 0.6) is 0 Å². The van der Waals surface area contributed by atoms with Gasteiger partial charge in [0.1, 0.15) is 0 Å². The molecule has 0 radical (unpaired) electrons. The van der Waals surface area contributed by atoms with Crippen molar-refractivity contribution in [2.75, 3.05) is 13.2 Å². The number of aromatic amines is 1. The zero-order valence-corrected chi connectivity index (χ0v) is 18.6. The molecule has 29 heavy (non-hydrogen) atoms. The topological polar surface area (TPSA) is 45.2 Å². The molecule has 0 saturated heterocycles. The number of aryl methyl sites for hydroxylation is 2. The summed E-state index contributed by atoms with van der Waals surface area (Å²) in [6, 6.07) is 6.88. The lowest BCUT2D eigenvalue weighted by Crippen LogP contribution is -2.34. The number of nitrogens with one attached hydrogen (secondary N) is 1. The summed E-state index contributed by atoms with van der Waals surface area (Å²) < 4.78 is 6.08. The summed E-state index contributed by atoms with van der Waals surface area (Å²) in [6.45, 7) is 12.1. The van der Waals surface area contributed by atoms with Crippen molar-refractivity contribution in [2.24, 2.45) is 5.92 Å². The molecule has 2 heterocycles. The van der Waals surface area contributed by atoms with Crippen LogP contribution in [-0.4, -0.2) is 23.3 Å². The molecule has 156 valence electrons. The number of fused-ring (bicyclic) bond motifs is 3. The van der Waals surface area contributed by atoms with E-state index in [9.17, 15) is 5.11 Å². The van der Waals surface area contributed by atoms with Crippen molar-refractivity contribution in [3.63, 3.8) is 0 Å². The molecule has 0 saturated carbocycles. The average molecular weight is 394 g/mol. The number of rotatable bonds is 5. The molecule has 4 rings (SSSR count). The maximum absolute atomic E-state index is 10.2.